The number of hydrogen-bond donors (Lipinski definition) is 0. The van der Waals surface area contributed by atoms with Crippen LogP contribution >= 0.6 is 0 Å². The Labute approximate surface area is 138 Å². The van der Waals surface area contributed by atoms with E-state index in [-0.39, 0.29) is 5.91 Å². The second-order valence-electron chi connectivity index (χ2n) is 5.32. The fourth-order valence-corrected chi connectivity index (χ4v) is 2.32. The zero-order valence-corrected chi connectivity index (χ0v) is 14.2. The molecule has 126 valence electrons. The minimum absolute atomic E-state index is 0.0922. The molecule has 1 aromatic rings. The van der Waals surface area contributed by atoms with Crippen LogP contribution in [-0.4, -0.2) is 37.6 Å². The van der Waals surface area contributed by atoms with Crippen LogP contribution in [-0.2, 0) is 4.79 Å². The number of benzene rings is 1. The summed E-state index contributed by atoms with van der Waals surface area (Å²) >= 11 is 0. The van der Waals surface area contributed by atoms with E-state index in [0.29, 0.717) is 37.6 Å². The van der Waals surface area contributed by atoms with Gasteiger partial charge in [-0.1, -0.05) is 19.9 Å². The minimum Gasteiger partial charge on any atom is -0.497 e. The lowest BCUT2D eigenvalue weighted by Crippen LogP contribution is -2.37. The van der Waals surface area contributed by atoms with Crippen molar-refractivity contribution in [2.75, 3.05) is 26.8 Å². The van der Waals surface area contributed by atoms with Gasteiger partial charge < -0.3 is 14.4 Å². The molecule has 1 rings (SSSR count). The number of amides is 1. The van der Waals surface area contributed by atoms with Crippen LogP contribution in [0, 0.1) is 17.2 Å². The lowest BCUT2D eigenvalue weighted by molar-refractivity contribution is -0.134. The van der Waals surface area contributed by atoms with Crippen LogP contribution < -0.4 is 9.47 Å². The molecule has 23 heavy (non-hydrogen) atoms. The topological polar surface area (TPSA) is 62.6 Å². The van der Waals surface area contributed by atoms with E-state index in [1.54, 1.807) is 18.1 Å². The molecule has 1 amide bonds. The predicted molar refractivity (Wildman–Crippen MR) is 89.4 cm³/mol. The van der Waals surface area contributed by atoms with Crippen molar-refractivity contribution in [1.82, 2.24) is 4.90 Å². The molecule has 0 fully saturated rings. The maximum Gasteiger partial charge on any atom is 0.240 e. The minimum atomic E-state index is -0.654. The quantitative estimate of drug-likeness (QED) is 0.664. The van der Waals surface area contributed by atoms with E-state index in [1.807, 2.05) is 32.0 Å². The zero-order valence-electron chi connectivity index (χ0n) is 14.2. The molecule has 0 bridgehead atoms. The number of nitriles is 1. The Bertz CT molecular complexity index is 519. The molecule has 1 atom stereocenters. The van der Waals surface area contributed by atoms with Gasteiger partial charge in [-0.15, -0.1) is 0 Å². The molecule has 0 heterocycles. The van der Waals surface area contributed by atoms with Gasteiger partial charge >= 0.3 is 0 Å². The first-order valence-corrected chi connectivity index (χ1v) is 8.11. The maximum absolute atomic E-state index is 12.4. The van der Waals surface area contributed by atoms with Crippen molar-refractivity contribution >= 4 is 5.91 Å². The second-order valence-corrected chi connectivity index (χ2v) is 5.32. The van der Waals surface area contributed by atoms with Gasteiger partial charge in [-0.25, -0.2) is 0 Å². The summed E-state index contributed by atoms with van der Waals surface area (Å²) in [6.07, 6.45) is 2.17. The summed E-state index contributed by atoms with van der Waals surface area (Å²) in [5.41, 5.74) is 0. The van der Waals surface area contributed by atoms with Crippen molar-refractivity contribution in [1.29, 1.82) is 5.26 Å². The van der Waals surface area contributed by atoms with E-state index in [2.05, 4.69) is 6.07 Å². The Morgan fingerprint density at radius 3 is 2.48 bits per heavy atom. The Morgan fingerprint density at radius 1 is 1.26 bits per heavy atom. The Balaban J connectivity index is 2.55. The third kappa shape index (κ3) is 6.19. The highest BCUT2D eigenvalue weighted by atomic mass is 16.5. The van der Waals surface area contributed by atoms with Crippen LogP contribution in [0.15, 0.2) is 24.3 Å². The van der Waals surface area contributed by atoms with E-state index in [4.69, 9.17) is 9.47 Å². The SMILES string of the molecule is CCCN(CCC)C(=O)C(C#N)CCOc1cccc(OC)c1. The molecule has 0 saturated heterocycles. The summed E-state index contributed by atoms with van der Waals surface area (Å²) in [4.78, 5) is 14.2. The Kier molecular flexibility index (Phi) is 8.59. The first kappa shape index (κ1) is 18.8. The van der Waals surface area contributed by atoms with Gasteiger partial charge in [0, 0.05) is 25.6 Å². The van der Waals surface area contributed by atoms with Gasteiger partial charge in [0.15, 0.2) is 0 Å². The lowest BCUT2D eigenvalue weighted by atomic mass is 10.1. The summed E-state index contributed by atoms with van der Waals surface area (Å²) in [5, 5.41) is 9.29. The first-order chi connectivity index (χ1) is 11.2. The molecule has 0 aromatic heterocycles. The molecule has 1 unspecified atom stereocenters. The Morgan fingerprint density at radius 2 is 1.91 bits per heavy atom. The highest BCUT2D eigenvalue weighted by Crippen LogP contribution is 2.19. The molecule has 0 saturated carbocycles. The van der Waals surface area contributed by atoms with Gasteiger partial charge in [-0.05, 0) is 25.0 Å². The standard InChI is InChI=1S/C18H26N2O3/c1-4-10-20(11-5-2)18(21)15(14-19)9-12-23-17-8-6-7-16(13-17)22-3/h6-8,13,15H,4-5,9-12H2,1-3H3. The Hall–Kier alpha value is -2.22. The van der Waals surface area contributed by atoms with Crippen molar-refractivity contribution in [3.8, 4) is 17.6 Å². The normalized spacial score (nSPS) is 11.4. The molecule has 0 aliphatic rings. The van der Waals surface area contributed by atoms with E-state index < -0.39 is 5.92 Å². The van der Waals surface area contributed by atoms with Gasteiger partial charge in [0.2, 0.25) is 5.91 Å². The summed E-state index contributed by atoms with van der Waals surface area (Å²) < 4.78 is 10.8. The average Bonchev–Trinajstić information content (AvgIpc) is 2.58. The van der Waals surface area contributed by atoms with Crippen LogP contribution in [0.2, 0.25) is 0 Å². The predicted octanol–water partition coefficient (Wildman–Crippen LogP) is 3.25. The number of carbonyl (C=O) groups is 1. The molecule has 5 heteroatoms. The molecule has 0 spiro atoms. The molecule has 0 aliphatic heterocycles. The van der Waals surface area contributed by atoms with Crippen molar-refractivity contribution in [2.45, 2.75) is 33.1 Å². The molecule has 5 nitrogen and oxygen atoms in total. The smallest absolute Gasteiger partial charge is 0.240 e. The van der Waals surface area contributed by atoms with Crippen molar-refractivity contribution in [3.05, 3.63) is 24.3 Å². The van der Waals surface area contributed by atoms with E-state index in [1.165, 1.54) is 0 Å². The number of methoxy groups -OCH3 is 1. The fourth-order valence-electron chi connectivity index (χ4n) is 2.32. The largest absolute Gasteiger partial charge is 0.497 e. The van der Waals surface area contributed by atoms with E-state index in [0.717, 1.165) is 12.8 Å². The van der Waals surface area contributed by atoms with Gasteiger partial charge in [0.25, 0.3) is 0 Å². The number of rotatable bonds is 10. The van der Waals surface area contributed by atoms with Crippen molar-refractivity contribution < 1.29 is 14.3 Å². The number of carbonyl (C=O) groups excluding carboxylic acids is 1. The van der Waals surface area contributed by atoms with Crippen molar-refractivity contribution in [3.63, 3.8) is 0 Å². The maximum atomic E-state index is 12.4. The second kappa shape index (κ2) is 10.5. The van der Waals surface area contributed by atoms with Gasteiger partial charge in [0.1, 0.15) is 17.4 Å². The monoisotopic (exact) mass is 318 g/mol. The highest BCUT2D eigenvalue weighted by Gasteiger charge is 2.23. The highest BCUT2D eigenvalue weighted by molar-refractivity contribution is 5.81. The van der Waals surface area contributed by atoms with Crippen LogP contribution in [0.3, 0.4) is 0 Å². The molecule has 1 aromatic carbocycles. The first-order valence-electron chi connectivity index (χ1n) is 8.11. The third-order valence-electron chi connectivity index (χ3n) is 3.47. The number of hydrogen-bond acceptors (Lipinski definition) is 4. The summed E-state index contributed by atoms with van der Waals surface area (Å²) in [5.74, 6) is 0.643. The summed E-state index contributed by atoms with van der Waals surface area (Å²) in [6, 6.07) is 9.39. The number of nitrogens with zero attached hydrogens (tertiary/aromatic N) is 2. The summed E-state index contributed by atoms with van der Waals surface area (Å²) in [6.45, 7) is 5.78. The average molecular weight is 318 g/mol. The molecule has 0 N–H and O–H groups in total. The third-order valence-corrected chi connectivity index (χ3v) is 3.47. The van der Waals surface area contributed by atoms with E-state index >= 15 is 0 Å². The molecular weight excluding hydrogens is 292 g/mol. The molecule has 0 radical (unpaired) electrons. The number of ether oxygens (including phenoxy) is 2. The molecular formula is C18H26N2O3. The lowest BCUT2D eigenvalue weighted by Gasteiger charge is -2.23. The van der Waals surface area contributed by atoms with Gasteiger partial charge in [0.05, 0.1) is 19.8 Å². The van der Waals surface area contributed by atoms with Crippen molar-refractivity contribution in [2.24, 2.45) is 5.92 Å². The zero-order chi connectivity index (χ0) is 17.1. The van der Waals surface area contributed by atoms with Gasteiger partial charge in [-0.3, -0.25) is 4.79 Å². The van der Waals surface area contributed by atoms with Crippen LogP contribution in [0.5, 0.6) is 11.5 Å². The van der Waals surface area contributed by atoms with Crippen LogP contribution in [0.4, 0.5) is 0 Å². The van der Waals surface area contributed by atoms with Gasteiger partial charge in [-0.2, -0.15) is 5.26 Å². The van der Waals surface area contributed by atoms with E-state index in [9.17, 15) is 10.1 Å². The fraction of sp³-hybridized carbons (Fsp3) is 0.556. The molecule has 0 aliphatic carbocycles. The van der Waals surface area contributed by atoms with Crippen LogP contribution in [0.25, 0.3) is 0 Å². The van der Waals surface area contributed by atoms with Crippen LogP contribution in [0.1, 0.15) is 33.1 Å². The summed E-state index contributed by atoms with van der Waals surface area (Å²) in [7, 11) is 1.60.